The predicted molar refractivity (Wildman–Crippen MR) is 126 cm³/mol. The summed E-state index contributed by atoms with van der Waals surface area (Å²) in [4.78, 5) is 0. The largest absolute Gasteiger partial charge is 0.417 e. The minimum absolute atomic E-state index is 0.0949. The molecule has 7 heteroatoms. The van der Waals surface area contributed by atoms with Crippen molar-refractivity contribution in [2.75, 3.05) is 19.7 Å². The van der Waals surface area contributed by atoms with Crippen LogP contribution in [0.1, 0.15) is 35.1 Å². The van der Waals surface area contributed by atoms with E-state index in [1.54, 1.807) is 42.5 Å². The topological polar surface area (TPSA) is 45.0 Å². The van der Waals surface area contributed by atoms with E-state index < -0.39 is 17.3 Å². The Morgan fingerprint density at radius 3 is 2.35 bits per heavy atom. The Morgan fingerprint density at radius 2 is 1.71 bits per heavy atom. The molecule has 0 saturated carbocycles. The molecule has 1 aliphatic heterocycles. The molecule has 0 amide bonds. The van der Waals surface area contributed by atoms with Gasteiger partial charge in [0.15, 0.2) is 0 Å². The predicted octanol–water partition coefficient (Wildman–Crippen LogP) is 6.74. The summed E-state index contributed by atoms with van der Waals surface area (Å²) in [6.45, 7) is 1.83. The fraction of sp³-hybridized carbons (Fsp3) is 0.296. The van der Waals surface area contributed by atoms with Gasteiger partial charge in [0.05, 0.1) is 24.3 Å². The van der Waals surface area contributed by atoms with Gasteiger partial charge in [-0.25, -0.2) is 0 Å². The van der Waals surface area contributed by atoms with E-state index in [1.807, 2.05) is 24.3 Å². The van der Waals surface area contributed by atoms with E-state index in [0.717, 1.165) is 37.6 Å². The lowest BCUT2D eigenvalue weighted by Gasteiger charge is -2.38. The number of benzene rings is 3. The molecule has 176 valence electrons. The molecule has 3 aromatic rings. The summed E-state index contributed by atoms with van der Waals surface area (Å²) in [5, 5.41) is 13.6. The van der Waals surface area contributed by atoms with E-state index in [9.17, 15) is 18.4 Å². The molecular formula is C27H24ClF3N2O. The zero-order valence-corrected chi connectivity index (χ0v) is 19.2. The second-order valence-corrected chi connectivity index (χ2v) is 9.00. The zero-order chi connectivity index (χ0) is 24.2. The van der Waals surface area contributed by atoms with Crippen LogP contribution < -0.4 is 5.32 Å². The SMILES string of the molecule is N#Cc1c(COCC2(c3cccc(Cl)c3)CCNCC2)cc(-c2ccccc2)cc1C(F)(F)F. The van der Waals surface area contributed by atoms with Crippen molar-refractivity contribution in [2.45, 2.75) is 31.0 Å². The van der Waals surface area contributed by atoms with Gasteiger partial charge in [0.2, 0.25) is 0 Å². The summed E-state index contributed by atoms with van der Waals surface area (Å²) in [5.74, 6) is 0. The maximum Gasteiger partial charge on any atom is 0.417 e. The lowest BCUT2D eigenvalue weighted by molar-refractivity contribution is -0.137. The van der Waals surface area contributed by atoms with Gasteiger partial charge in [-0.3, -0.25) is 0 Å². The number of piperidine rings is 1. The molecule has 0 aliphatic carbocycles. The van der Waals surface area contributed by atoms with Crippen molar-refractivity contribution < 1.29 is 17.9 Å². The monoisotopic (exact) mass is 484 g/mol. The fourth-order valence-electron chi connectivity index (χ4n) is 4.57. The van der Waals surface area contributed by atoms with Crippen molar-refractivity contribution in [3.05, 3.63) is 94.0 Å². The van der Waals surface area contributed by atoms with E-state index >= 15 is 0 Å². The molecule has 0 aromatic heterocycles. The Balaban J connectivity index is 1.66. The average Bonchev–Trinajstić information content (AvgIpc) is 2.84. The highest BCUT2D eigenvalue weighted by atomic mass is 35.5. The molecule has 1 fully saturated rings. The van der Waals surface area contributed by atoms with E-state index in [4.69, 9.17) is 16.3 Å². The van der Waals surface area contributed by atoms with Crippen LogP contribution in [-0.4, -0.2) is 19.7 Å². The quantitative estimate of drug-likeness (QED) is 0.421. The lowest BCUT2D eigenvalue weighted by Crippen LogP contribution is -2.43. The van der Waals surface area contributed by atoms with Gasteiger partial charge < -0.3 is 10.1 Å². The van der Waals surface area contributed by atoms with Crippen molar-refractivity contribution >= 4 is 11.6 Å². The van der Waals surface area contributed by atoms with Crippen LogP contribution in [0.25, 0.3) is 11.1 Å². The van der Waals surface area contributed by atoms with Crippen LogP contribution in [0, 0.1) is 11.3 Å². The van der Waals surface area contributed by atoms with Crippen molar-refractivity contribution in [1.82, 2.24) is 5.32 Å². The van der Waals surface area contributed by atoms with Gasteiger partial charge in [0.25, 0.3) is 0 Å². The molecule has 1 saturated heterocycles. The second kappa shape index (κ2) is 10.2. The summed E-state index contributed by atoms with van der Waals surface area (Å²) >= 11 is 6.23. The normalized spacial score (nSPS) is 15.6. The highest BCUT2D eigenvalue weighted by Gasteiger charge is 2.37. The molecule has 1 N–H and O–H groups in total. The minimum Gasteiger partial charge on any atom is -0.376 e. The van der Waals surface area contributed by atoms with E-state index in [1.165, 1.54) is 0 Å². The van der Waals surface area contributed by atoms with Crippen LogP contribution in [0.4, 0.5) is 13.2 Å². The number of nitrogens with zero attached hydrogens (tertiary/aromatic N) is 1. The maximum absolute atomic E-state index is 13.8. The number of ether oxygens (including phenoxy) is 1. The van der Waals surface area contributed by atoms with Crippen LogP contribution in [0.5, 0.6) is 0 Å². The number of alkyl halides is 3. The Labute approximate surface area is 202 Å². The highest BCUT2D eigenvalue weighted by Crippen LogP contribution is 2.38. The third-order valence-electron chi connectivity index (χ3n) is 6.38. The molecule has 34 heavy (non-hydrogen) atoms. The van der Waals surface area contributed by atoms with Crippen molar-refractivity contribution in [3.63, 3.8) is 0 Å². The van der Waals surface area contributed by atoms with Crippen LogP contribution in [-0.2, 0) is 22.9 Å². The minimum atomic E-state index is -4.65. The molecule has 0 unspecified atom stereocenters. The summed E-state index contributed by atoms with van der Waals surface area (Å²) < 4.78 is 47.6. The van der Waals surface area contributed by atoms with Gasteiger partial charge in [-0.15, -0.1) is 0 Å². The summed E-state index contributed by atoms with van der Waals surface area (Å²) in [6, 6.07) is 20.9. The molecule has 1 aliphatic rings. The van der Waals surface area contributed by atoms with E-state index in [-0.39, 0.29) is 17.6 Å². The number of hydrogen-bond acceptors (Lipinski definition) is 3. The van der Waals surface area contributed by atoms with Crippen LogP contribution in [0.15, 0.2) is 66.7 Å². The standard InChI is InChI=1S/C27H24ClF3N2O/c28-23-8-4-7-22(15-23)26(9-11-33-12-10-26)18-34-17-21-13-20(19-5-2-1-3-6-19)14-25(24(21)16-32)27(29,30)31/h1-8,13-15,33H,9-12,17-18H2. The number of nitriles is 1. The third kappa shape index (κ3) is 5.28. The van der Waals surface area contributed by atoms with Gasteiger partial charge in [-0.2, -0.15) is 18.4 Å². The smallest absolute Gasteiger partial charge is 0.376 e. The molecule has 1 heterocycles. The Kier molecular flexibility index (Phi) is 7.27. The number of nitrogens with one attached hydrogen (secondary N) is 1. The maximum atomic E-state index is 13.8. The first-order valence-corrected chi connectivity index (χ1v) is 11.4. The zero-order valence-electron chi connectivity index (χ0n) is 18.5. The van der Waals surface area contributed by atoms with Crippen LogP contribution in [0.2, 0.25) is 5.02 Å². The molecule has 3 nitrogen and oxygen atoms in total. The van der Waals surface area contributed by atoms with Crippen LogP contribution >= 0.6 is 11.6 Å². The Hall–Kier alpha value is -2.85. The van der Waals surface area contributed by atoms with Gasteiger partial charge in [-0.1, -0.05) is 54.1 Å². The molecule has 0 radical (unpaired) electrons. The molecule has 3 aromatic carbocycles. The van der Waals surface area contributed by atoms with Gasteiger partial charge >= 0.3 is 6.18 Å². The van der Waals surface area contributed by atoms with Crippen LogP contribution in [0.3, 0.4) is 0 Å². The Bertz CT molecular complexity index is 1180. The molecular weight excluding hydrogens is 461 g/mol. The van der Waals surface area contributed by atoms with E-state index in [0.29, 0.717) is 22.8 Å². The molecule has 0 bridgehead atoms. The highest BCUT2D eigenvalue weighted by molar-refractivity contribution is 6.30. The van der Waals surface area contributed by atoms with Gasteiger partial charge in [-0.05, 0) is 72.5 Å². The number of hydrogen-bond donors (Lipinski definition) is 1. The number of halogens is 4. The molecule has 4 rings (SSSR count). The number of rotatable bonds is 6. The lowest BCUT2D eigenvalue weighted by atomic mass is 9.74. The summed E-state index contributed by atoms with van der Waals surface area (Å²) in [7, 11) is 0. The summed E-state index contributed by atoms with van der Waals surface area (Å²) in [5.41, 5.74) is 0.690. The van der Waals surface area contributed by atoms with E-state index in [2.05, 4.69) is 5.32 Å². The average molecular weight is 485 g/mol. The fourth-order valence-corrected chi connectivity index (χ4v) is 4.76. The third-order valence-corrected chi connectivity index (χ3v) is 6.61. The van der Waals surface area contributed by atoms with Gasteiger partial charge in [0.1, 0.15) is 6.07 Å². The van der Waals surface area contributed by atoms with Gasteiger partial charge in [0, 0.05) is 10.4 Å². The first kappa shape index (κ1) is 24.3. The first-order valence-electron chi connectivity index (χ1n) is 11.1. The summed E-state index contributed by atoms with van der Waals surface area (Å²) in [6.07, 6.45) is -3.02. The molecule has 0 atom stereocenters. The van der Waals surface area contributed by atoms with Crippen molar-refractivity contribution in [3.8, 4) is 17.2 Å². The molecule has 0 spiro atoms. The Morgan fingerprint density at radius 1 is 0.971 bits per heavy atom. The van der Waals surface area contributed by atoms with Crippen molar-refractivity contribution in [2.24, 2.45) is 0 Å². The van der Waals surface area contributed by atoms with Crippen molar-refractivity contribution in [1.29, 1.82) is 5.26 Å². The second-order valence-electron chi connectivity index (χ2n) is 8.57. The first-order chi connectivity index (χ1) is 16.3.